The molecule has 1 rings (SSSR count). The second-order valence-corrected chi connectivity index (χ2v) is 4.34. The molecule has 1 saturated carbocycles. The third-order valence-electron chi connectivity index (χ3n) is 2.68. The molecule has 0 spiro atoms. The van der Waals surface area contributed by atoms with Gasteiger partial charge in [-0.25, -0.2) is 0 Å². The Morgan fingerprint density at radius 2 is 2.08 bits per heavy atom. The van der Waals surface area contributed by atoms with Gasteiger partial charge < -0.3 is 9.84 Å². The lowest BCUT2D eigenvalue weighted by Gasteiger charge is -2.30. The van der Waals surface area contributed by atoms with Crippen LogP contribution in [0.5, 0.6) is 0 Å². The van der Waals surface area contributed by atoms with Gasteiger partial charge in [0, 0.05) is 12.8 Å². The molecule has 0 aliphatic heterocycles. The van der Waals surface area contributed by atoms with Crippen molar-refractivity contribution in [2.24, 2.45) is 5.92 Å². The molecular weight excluding hydrogens is 168 g/mol. The van der Waals surface area contributed by atoms with Crippen molar-refractivity contribution in [1.82, 2.24) is 0 Å². The van der Waals surface area contributed by atoms with E-state index in [1.165, 1.54) is 6.92 Å². The van der Waals surface area contributed by atoms with Crippen LogP contribution in [0.1, 0.15) is 40.0 Å². The Hall–Kier alpha value is -0.570. The van der Waals surface area contributed by atoms with Crippen molar-refractivity contribution >= 4 is 5.97 Å². The summed E-state index contributed by atoms with van der Waals surface area (Å²) in [6, 6.07) is 0. The van der Waals surface area contributed by atoms with Crippen molar-refractivity contribution < 1.29 is 14.6 Å². The van der Waals surface area contributed by atoms with Crippen LogP contribution in [0.3, 0.4) is 0 Å². The van der Waals surface area contributed by atoms with E-state index in [2.05, 4.69) is 0 Å². The minimum Gasteiger partial charge on any atom is -0.462 e. The summed E-state index contributed by atoms with van der Waals surface area (Å²) < 4.78 is 5.15. The van der Waals surface area contributed by atoms with Crippen LogP contribution in [0.25, 0.3) is 0 Å². The first-order valence-corrected chi connectivity index (χ1v) is 4.81. The fraction of sp³-hybridized carbons (Fsp3) is 0.900. The van der Waals surface area contributed by atoms with Gasteiger partial charge in [0.1, 0.15) is 6.10 Å². The van der Waals surface area contributed by atoms with Gasteiger partial charge in [0.25, 0.3) is 0 Å². The zero-order valence-electron chi connectivity index (χ0n) is 8.54. The lowest BCUT2D eigenvalue weighted by molar-refractivity contribution is -0.152. The number of carbonyl (C=O) groups is 1. The molecule has 1 fully saturated rings. The third kappa shape index (κ3) is 2.69. The summed E-state index contributed by atoms with van der Waals surface area (Å²) in [7, 11) is 0. The molecule has 1 aliphatic carbocycles. The summed E-state index contributed by atoms with van der Waals surface area (Å²) in [6.07, 6.45) is 2.78. The number of ether oxygens (including phenoxy) is 1. The molecule has 76 valence electrons. The first-order chi connectivity index (χ1) is 5.91. The van der Waals surface area contributed by atoms with Gasteiger partial charge in [-0.15, -0.1) is 0 Å². The Morgan fingerprint density at radius 1 is 1.46 bits per heavy atom. The van der Waals surface area contributed by atoms with Crippen LogP contribution in [0, 0.1) is 5.92 Å². The summed E-state index contributed by atoms with van der Waals surface area (Å²) >= 11 is 0. The van der Waals surface area contributed by atoms with Gasteiger partial charge in [-0.1, -0.05) is 0 Å². The standard InChI is InChI=1S/C10H18O3/c1-7(11)13-9-6-4-5-8(9)10(2,3)12/h8-9,12H,4-6H2,1-3H3. The van der Waals surface area contributed by atoms with Crippen LogP contribution in [-0.2, 0) is 9.53 Å². The van der Waals surface area contributed by atoms with Crippen LogP contribution >= 0.6 is 0 Å². The lowest BCUT2D eigenvalue weighted by atomic mass is 9.88. The average molecular weight is 186 g/mol. The quantitative estimate of drug-likeness (QED) is 0.664. The van der Waals surface area contributed by atoms with Gasteiger partial charge in [0.2, 0.25) is 0 Å². The van der Waals surface area contributed by atoms with E-state index in [1.807, 2.05) is 0 Å². The highest BCUT2D eigenvalue weighted by Gasteiger charge is 2.39. The van der Waals surface area contributed by atoms with Gasteiger partial charge in [0.05, 0.1) is 5.60 Å². The fourth-order valence-corrected chi connectivity index (χ4v) is 2.09. The molecule has 1 N–H and O–H groups in total. The fourth-order valence-electron chi connectivity index (χ4n) is 2.09. The van der Waals surface area contributed by atoms with Crippen molar-refractivity contribution in [1.29, 1.82) is 0 Å². The highest BCUT2D eigenvalue weighted by Crippen LogP contribution is 2.35. The molecule has 3 nitrogen and oxygen atoms in total. The highest BCUT2D eigenvalue weighted by atomic mass is 16.5. The van der Waals surface area contributed by atoms with E-state index in [-0.39, 0.29) is 18.0 Å². The topological polar surface area (TPSA) is 46.5 Å². The molecule has 0 heterocycles. The third-order valence-corrected chi connectivity index (χ3v) is 2.68. The Labute approximate surface area is 79.1 Å². The predicted octanol–water partition coefficient (Wildman–Crippen LogP) is 1.49. The summed E-state index contributed by atoms with van der Waals surface area (Å²) in [5.74, 6) is -0.155. The van der Waals surface area contributed by atoms with E-state index in [0.29, 0.717) is 0 Å². The Bertz CT molecular complexity index is 193. The van der Waals surface area contributed by atoms with E-state index in [0.717, 1.165) is 19.3 Å². The van der Waals surface area contributed by atoms with E-state index in [4.69, 9.17) is 4.74 Å². The maximum atomic E-state index is 10.8. The molecule has 3 heteroatoms. The molecule has 13 heavy (non-hydrogen) atoms. The lowest BCUT2D eigenvalue weighted by Crippen LogP contribution is -2.37. The summed E-state index contributed by atoms with van der Waals surface area (Å²) in [5.41, 5.74) is -0.739. The summed E-state index contributed by atoms with van der Waals surface area (Å²) in [4.78, 5) is 10.8. The number of carbonyl (C=O) groups excluding carboxylic acids is 1. The Balaban J connectivity index is 2.59. The number of hydrogen-bond donors (Lipinski definition) is 1. The zero-order chi connectivity index (χ0) is 10.1. The van der Waals surface area contributed by atoms with Crippen LogP contribution in [-0.4, -0.2) is 22.8 Å². The van der Waals surface area contributed by atoms with Crippen molar-refractivity contribution in [3.63, 3.8) is 0 Å². The molecular formula is C10H18O3. The molecule has 0 amide bonds. The second kappa shape index (κ2) is 3.66. The van der Waals surface area contributed by atoms with Gasteiger partial charge in [-0.2, -0.15) is 0 Å². The average Bonchev–Trinajstić information content (AvgIpc) is 2.31. The number of rotatable bonds is 2. The molecule has 0 radical (unpaired) electrons. The molecule has 1 aliphatic rings. The minimum atomic E-state index is -0.739. The van der Waals surface area contributed by atoms with E-state index in [9.17, 15) is 9.90 Å². The van der Waals surface area contributed by atoms with E-state index < -0.39 is 5.60 Å². The zero-order valence-corrected chi connectivity index (χ0v) is 8.54. The van der Waals surface area contributed by atoms with Crippen molar-refractivity contribution in [3.8, 4) is 0 Å². The maximum Gasteiger partial charge on any atom is 0.302 e. The van der Waals surface area contributed by atoms with Crippen LogP contribution in [0.4, 0.5) is 0 Å². The van der Waals surface area contributed by atoms with Gasteiger partial charge >= 0.3 is 5.97 Å². The molecule has 2 unspecified atom stereocenters. The van der Waals surface area contributed by atoms with E-state index in [1.54, 1.807) is 13.8 Å². The second-order valence-electron chi connectivity index (χ2n) is 4.34. The smallest absolute Gasteiger partial charge is 0.302 e. The SMILES string of the molecule is CC(=O)OC1CCCC1C(C)(C)O. The largest absolute Gasteiger partial charge is 0.462 e. The number of esters is 1. The van der Waals surface area contributed by atoms with Gasteiger partial charge in [0.15, 0.2) is 0 Å². The highest BCUT2D eigenvalue weighted by molar-refractivity contribution is 5.66. The minimum absolute atomic E-state index is 0.0856. The normalized spacial score (nSPS) is 28.9. The molecule has 0 bridgehead atoms. The van der Waals surface area contributed by atoms with Gasteiger partial charge in [-0.05, 0) is 33.1 Å². The van der Waals surface area contributed by atoms with Crippen molar-refractivity contribution in [2.45, 2.75) is 51.7 Å². The number of hydrogen-bond acceptors (Lipinski definition) is 3. The van der Waals surface area contributed by atoms with Crippen molar-refractivity contribution in [3.05, 3.63) is 0 Å². The molecule has 0 saturated heterocycles. The monoisotopic (exact) mass is 186 g/mol. The molecule has 2 atom stereocenters. The van der Waals surface area contributed by atoms with Gasteiger partial charge in [-0.3, -0.25) is 4.79 Å². The molecule has 0 aromatic heterocycles. The van der Waals surface area contributed by atoms with E-state index >= 15 is 0 Å². The van der Waals surface area contributed by atoms with Crippen molar-refractivity contribution in [2.75, 3.05) is 0 Å². The Kier molecular flexibility index (Phi) is 2.96. The summed E-state index contributed by atoms with van der Waals surface area (Å²) in [5, 5.41) is 9.81. The van der Waals surface area contributed by atoms with Crippen LogP contribution in [0.2, 0.25) is 0 Å². The first-order valence-electron chi connectivity index (χ1n) is 4.81. The predicted molar refractivity (Wildman–Crippen MR) is 49.2 cm³/mol. The maximum absolute atomic E-state index is 10.8. The first kappa shape index (κ1) is 10.5. The van der Waals surface area contributed by atoms with Crippen LogP contribution in [0.15, 0.2) is 0 Å². The molecule has 0 aromatic carbocycles. The Morgan fingerprint density at radius 3 is 2.54 bits per heavy atom. The van der Waals surface area contributed by atoms with Crippen LogP contribution < -0.4 is 0 Å². The molecule has 0 aromatic rings. The summed E-state index contributed by atoms with van der Waals surface area (Å²) in [6.45, 7) is 4.97. The number of aliphatic hydroxyl groups is 1.